The average molecular weight is 401 g/mol. The lowest BCUT2D eigenvalue weighted by molar-refractivity contribution is -0.122. The van der Waals surface area contributed by atoms with Crippen LogP contribution in [0.15, 0.2) is 46.2 Å². The van der Waals surface area contributed by atoms with Crippen LogP contribution >= 0.6 is 12.2 Å². The highest BCUT2D eigenvalue weighted by Gasteiger charge is 2.15. The van der Waals surface area contributed by atoms with Crippen LogP contribution in [0.4, 0.5) is 0 Å². The molecule has 0 unspecified atom stereocenters. The van der Waals surface area contributed by atoms with Gasteiger partial charge in [-0.1, -0.05) is 30.3 Å². The van der Waals surface area contributed by atoms with Crippen LogP contribution in [0.2, 0.25) is 0 Å². The first-order chi connectivity index (χ1) is 13.4. The molecule has 3 aromatic rings. The lowest BCUT2D eigenvalue weighted by Crippen LogP contribution is -2.47. The summed E-state index contributed by atoms with van der Waals surface area (Å²) in [6.07, 6.45) is 1.34. The number of benzene rings is 1. The molecule has 0 aliphatic heterocycles. The fourth-order valence-electron chi connectivity index (χ4n) is 2.66. The van der Waals surface area contributed by atoms with Gasteiger partial charge < -0.3 is 9.88 Å². The topological polar surface area (TPSA) is 115 Å². The summed E-state index contributed by atoms with van der Waals surface area (Å²) in [5.41, 5.74) is 5.50. The average Bonchev–Trinajstić information content (AvgIpc) is 3.12. The first kappa shape index (κ1) is 19.3. The highest BCUT2D eigenvalue weighted by Crippen LogP contribution is 2.04. The number of hydrogen-bond donors (Lipinski definition) is 3. The minimum absolute atomic E-state index is 0.168. The van der Waals surface area contributed by atoms with Crippen molar-refractivity contribution in [3.63, 3.8) is 0 Å². The summed E-state index contributed by atoms with van der Waals surface area (Å²) < 4.78 is 3.61. The third-order valence-electron chi connectivity index (χ3n) is 4.14. The number of carbonyl (C=O) groups is 1. The summed E-state index contributed by atoms with van der Waals surface area (Å²) in [5.74, 6) is -0.431. The quantitative estimate of drug-likeness (QED) is 0.385. The first-order valence-electron chi connectivity index (χ1n) is 8.36. The predicted molar refractivity (Wildman–Crippen MR) is 107 cm³/mol. The first-order valence-corrected chi connectivity index (χ1v) is 8.76. The van der Waals surface area contributed by atoms with E-state index < -0.39 is 17.2 Å². The lowest BCUT2D eigenvalue weighted by atomic mass is 10.2. The second-order valence-corrected chi connectivity index (χ2v) is 6.50. The van der Waals surface area contributed by atoms with Gasteiger partial charge >= 0.3 is 5.69 Å². The molecular formula is C17H19N7O3S. The zero-order chi connectivity index (χ0) is 20.3. The molecule has 1 aromatic carbocycles. The Morgan fingerprint density at radius 2 is 1.82 bits per heavy atom. The number of nitrogens with zero attached hydrogens (tertiary/aromatic N) is 4. The van der Waals surface area contributed by atoms with Gasteiger partial charge in [0.05, 0.1) is 6.33 Å². The number of aryl methyl sites for hydroxylation is 1. The zero-order valence-corrected chi connectivity index (χ0v) is 16.1. The van der Waals surface area contributed by atoms with Gasteiger partial charge in [-0.2, -0.15) is 0 Å². The Bertz CT molecular complexity index is 1150. The maximum absolute atomic E-state index is 12.4. The van der Waals surface area contributed by atoms with Crippen molar-refractivity contribution >= 4 is 34.4 Å². The second-order valence-electron chi connectivity index (χ2n) is 6.09. The van der Waals surface area contributed by atoms with E-state index in [2.05, 4.69) is 21.2 Å². The minimum Gasteiger partial charge on any atom is -0.357 e. The Morgan fingerprint density at radius 3 is 2.54 bits per heavy atom. The molecule has 0 fully saturated rings. The molecule has 2 heterocycles. The van der Waals surface area contributed by atoms with Gasteiger partial charge in [0.2, 0.25) is 0 Å². The molecule has 0 aliphatic rings. The van der Waals surface area contributed by atoms with Gasteiger partial charge in [-0.15, -0.1) is 0 Å². The van der Waals surface area contributed by atoms with E-state index in [0.29, 0.717) is 6.54 Å². The number of rotatable bonds is 4. The smallest absolute Gasteiger partial charge is 0.332 e. The lowest BCUT2D eigenvalue weighted by Gasteiger charge is -2.12. The van der Waals surface area contributed by atoms with Gasteiger partial charge in [0.1, 0.15) is 6.54 Å². The molecule has 0 saturated heterocycles. The fraction of sp³-hybridized carbons (Fsp3) is 0.235. The Morgan fingerprint density at radius 1 is 1.11 bits per heavy atom. The van der Waals surface area contributed by atoms with Crippen LogP contribution in [-0.4, -0.2) is 29.7 Å². The van der Waals surface area contributed by atoms with Crippen LogP contribution < -0.4 is 27.4 Å². The summed E-state index contributed by atoms with van der Waals surface area (Å²) in [6, 6.07) is 9.67. The molecule has 0 spiro atoms. The van der Waals surface area contributed by atoms with Gasteiger partial charge in [0.15, 0.2) is 16.3 Å². The Hall–Kier alpha value is -3.47. The van der Waals surface area contributed by atoms with Crippen molar-refractivity contribution in [1.29, 1.82) is 0 Å². The number of fused-ring (bicyclic) bond motifs is 1. The van der Waals surface area contributed by atoms with Crippen molar-refractivity contribution in [1.82, 2.24) is 34.9 Å². The van der Waals surface area contributed by atoms with Crippen LogP contribution in [-0.2, 0) is 32.0 Å². The number of carbonyl (C=O) groups excluding carboxylic acids is 1. The van der Waals surface area contributed by atoms with Gasteiger partial charge in [-0.05, 0) is 17.8 Å². The molecule has 11 heteroatoms. The molecule has 3 rings (SSSR count). The SMILES string of the molecule is Cn1c(=O)c2c(ncn2CC(=O)NNC(=S)NCc2ccccc2)n(C)c1=O. The summed E-state index contributed by atoms with van der Waals surface area (Å²) in [4.78, 5) is 40.6. The van der Waals surface area contributed by atoms with E-state index in [4.69, 9.17) is 12.2 Å². The number of aromatic nitrogens is 4. The summed E-state index contributed by atoms with van der Waals surface area (Å²) >= 11 is 5.12. The highest BCUT2D eigenvalue weighted by atomic mass is 32.1. The minimum atomic E-state index is -0.517. The zero-order valence-electron chi connectivity index (χ0n) is 15.3. The summed E-state index contributed by atoms with van der Waals surface area (Å²) in [5, 5.41) is 3.22. The van der Waals surface area contributed by atoms with Crippen LogP contribution in [0.3, 0.4) is 0 Å². The number of hydrazine groups is 1. The van der Waals surface area contributed by atoms with Crippen molar-refractivity contribution in [2.45, 2.75) is 13.1 Å². The number of nitrogens with one attached hydrogen (secondary N) is 3. The number of thiocarbonyl (C=S) groups is 1. The number of hydrogen-bond acceptors (Lipinski definition) is 5. The van der Waals surface area contributed by atoms with Crippen molar-refractivity contribution in [2.75, 3.05) is 0 Å². The van der Waals surface area contributed by atoms with Gasteiger partial charge in [0, 0.05) is 20.6 Å². The van der Waals surface area contributed by atoms with Crippen molar-refractivity contribution < 1.29 is 4.79 Å². The van der Waals surface area contributed by atoms with E-state index in [9.17, 15) is 14.4 Å². The Balaban J connectivity index is 1.62. The molecule has 2 aromatic heterocycles. The van der Waals surface area contributed by atoms with Crippen molar-refractivity contribution in [3.8, 4) is 0 Å². The Labute approximate surface area is 164 Å². The van der Waals surface area contributed by atoms with E-state index in [1.165, 1.54) is 29.6 Å². The van der Waals surface area contributed by atoms with Gasteiger partial charge in [-0.25, -0.2) is 9.78 Å². The van der Waals surface area contributed by atoms with Crippen LogP contribution in [0.1, 0.15) is 5.56 Å². The molecule has 3 N–H and O–H groups in total. The molecule has 10 nitrogen and oxygen atoms in total. The maximum Gasteiger partial charge on any atom is 0.332 e. The largest absolute Gasteiger partial charge is 0.357 e. The Kier molecular flexibility index (Phi) is 5.54. The highest BCUT2D eigenvalue weighted by molar-refractivity contribution is 7.80. The van der Waals surface area contributed by atoms with Gasteiger partial charge in [0.25, 0.3) is 11.5 Å². The predicted octanol–water partition coefficient (Wildman–Crippen LogP) is -0.871. The van der Waals surface area contributed by atoms with E-state index in [-0.39, 0.29) is 22.8 Å². The van der Waals surface area contributed by atoms with Crippen molar-refractivity contribution in [3.05, 3.63) is 63.1 Å². The van der Waals surface area contributed by atoms with E-state index in [1.807, 2.05) is 30.3 Å². The van der Waals surface area contributed by atoms with Crippen molar-refractivity contribution in [2.24, 2.45) is 14.1 Å². The molecule has 28 heavy (non-hydrogen) atoms. The van der Waals surface area contributed by atoms with Gasteiger partial charge in [-0.3, -0.25) is 29.6 Å². The molecule has 0 bridgehead atoms. The monoisotopic (exact) mass is 401 g/mol. The third-order valence-corrected chi connectivity index (χ3v) is 4.39. The van der Waals surface area contributed by atoms with E-state index >= 15 is 0 Å². The standard InChI is InChI=1S/C17H19N7O3S/c1-22-14-13(15(26)23(2)17(22)27)24(10-19-14)9-12(25)20-21-16(28)18-8-11-6-4-3-5-7-11/h3-7,10H,8-9H2,1-2H3,(H,20,25)(H2,18,21,28). The van der Waals surface area contributed by atoms with Crippen LogP contribution in [0.5, 0.6) is 0 Å². The molecule has 0 aliphatic carbocycles. The van der Waals surface area contributed by atoms with E-state index in [1.54, 1.807) is 0 Å². The summed E-state index contributed by atoms with van der Waals surface area (Å²) in [7, 11) is 2.89. The molecule has 1 amide bonds. The molecule has 0 radical (unpaired) electrons. The maximum atomic E-state index is 12.4. The molecule has 0 atom stereocenters. The van der Waals surface area contributed by atoms with Crippen LogP contribution in [0.25, 0.3) is 11.2 Å². The fourth-order valence-corrected chi connectivity index (χ4v) is 2.78. The third kappa shape index (κ3) is 3.93. The summed E-state index contributed by atoms with van der Waals surface area (Å²) in [6.45, 7) is 0.344. The molecular weight excluding hydrogens is 382 g/mol. The molecule has 146 valence electrons. The van der Waals surface area contributed by atoms with Crippen LogP contribution in [0, 0.1) is 0 Å². The molecule has 0 saturated carbocycles. The van der Waals surface area contributed by atoms with E-state index in [0.717, 1.165) is 10.1 Å². The number of amides is 1. The normalized spacial score (nSPS) is 10.6. The second kappa shape index (κ2) is 8.05. The number of imidazole rings is 1.